The third kappa shape index (κ3) is 3.51. The van der Waals surface area contributed by atoms with E-state index in [9.17, 15) is 32.4 Å². The second-order valence-electron chi connectivity index (χ2n) is 5.39. The van der Waals surface area contributed by atoms with Gasteiger partial charge < -0.3 is 4.74 Å². The molecule has 26 heavy (non-hydrogen) atoms. The lowest BCUT2D eigenvalue weighted by atomic mass is 9.87. The van der Waals surface area contributed by atoms with E-state index in [2.05, 4.69) is 4.99 Å². The molecule has 0 saturated heterocycles. The molecule has 1 aromatic carbocycles. The van der Waals surface area contributed by atoms with E-state index < -0.39 is 47.2 Å². The summed E-state index contributed by atoms with van der Waals surface area (Å²) in [5.74, 6) is -2.42. The van der Waals surface area contributed by atoms with Crippen LogP contribution in [0.3, 0.4) is 0 Å². The highest BCUT2D eigenvalue weighted by molar-refractivity contribution is 6.04. The van der Waals surface area contributed by atoms with Gasteiger partial charge in [-0.2, -0.15) is 18.4 Å². The van der Waals surface area contributed by atoms with Gasteiger partial charge in [-0.1, -0.05) is 0 Å². The van der Waals surface area contributed by atoms with Gasteiger partial charge in [-0.25, -0.2) is 23.9 Å². The number of nitriles is 1. The number of carbonyl (C=O) groups is 2. The van der Waals surface area contributed by atoms with Gasteiger partial charge in [0.1, 0.15) is 11.7 Å². The molecule has 0 aliphatic carbocycles. The SMILES string of the molecule is CCOC(=O)N1C(=O)N=C(C)C(C#N)C1c1cc(C(F)(F)F)ccc1F. The van der Waals surface area contributed by atoms with Crippen molar-refractivity contribution in [2.45, 2.75) is 26.1 Å². The predicted octanol–water partition coefficient (Wildman–Crippen LogP) is 4.08. The predicted molar refractivity (Wildman–Crippen MR) is 80.6 cm³/mol. The number of amides is 3. The standard InChI is InChI=1S/C16H13F4N3O3/c1-3-26-15(25)23-13(11(7-21)8(2)22-14(23)24)10-6-9(16(18,19)20)4-5-12(10)17/h4-6,11,13H,3H2,1-2H3. The summed E-state index contributed by atoms with van der Waals surface area (Å²) in [6, 6.07) is 0.551. The first-order valence-electron chi connectivity index (χ1n) is 7.43. The van der Waals surface area contributed by atoms with Crippen molar-refractivity contribution in [3.8, 4) is 6.07 Å². The molecule has 2 unspecified atom stereocenters. The lowest BCUT2D eigenvalue weighted by Gasteiger charge is -2.34. The number of benzene rings is 1. The quantitative estimate of drug-likeness (QED) is 0.734. The van der Waals surface area contributed by atoms with Crippen LogP contribution in [0.2, 0.25) is 0 Å². The van der Waals surface area contributed by atoms with Gasteiger partial charge in [0, 0.05) is 11.3 Å². The first-order chi connectivity index (χ1) is 12.1. The molecule has 0 aromatic heterocycles. The Hall–Kier alpha value is -2.96. The van der Waals surface area contributed by atoms with Crippen LogP contribution in [0.15, 0.2) is 23.2 Å². The van der Waals surface area contributed by atoms with Gasteiger partial charge in [0.25, 0.3) is 0 Å². The zero-order chi connectivity index (χ0) is 19.6. The Labute approximate surface area is 145 Å². The second kappa shape index (κ2) is 7.11. The maximum atomic E-state index is 14.3. The summed E-state index contributed by atoms with van der Waals surface area (Å²) in [4.78, 5) is 28.2. The Morgan fingerprint density at radius 2 is 2.08 bits per heavy atom. The first kappa shape index (κ1) is 19.4. The summed E-state index contributed by atoms with van der Waals surface area (Å²) in [5, 5.41) is 9.36. The lowest BCUT2D eigenvalue weighted by molar-refractivity contribution is -0.137. The maximum absolute atomic E-state index is 14.3. The largest absolute Gasteiger partial charge is 0.449 e. The molecule has 1 aliphatic rings. The van der Waals surface area contributed by atoms with Gasteiger partial charge >= 0.3 is 18.3 Å². The molecule has 1 aliphatic heterocycles. The molecule has 2 atom stereocenters. The molecule has 0 bridgehead atoms. The number of nitrogens with zero attached hydrogens (tertiary/aromatic N) is 3. The topological polar surface area (TPSA) is 82.8 Å². The van der Waals surface area contributed by atoms with Gasteiger partial charge in [0.05, 0.1) is 24.3 Å². The van der Waals surface area contributed by atoms with Crippen molar-refractivity contribution >= 4 is 17.8 Å². The highest BCUT2D eigenvalue weighted by Crippen LogP contribution is 2.38. The Bertz CT molecular complexity index is 814. The van der Waals surface area contributed by atoms with E-state index in [1.54, 1.807) is 6.07 Å². The molecule has 1 aromatic rings. The molecular formula is C16H13F4N3O3. The Balaban J connectivity index is 2.68. The third-order valence-electron chi connectivity index (χ3n) is 3.77. The van der Waals surface area contributed by atoms with Crippen LogP contribution in [0.5, 0.6) is 0 Å². The summed E-state index contributed by atoms with van der Waals surface area (Å²) in [5.41, 5.74) is -1.84. The molecule has 0 saturated carbocycles. The van der Waals surface area contributed by atoms with Gasteiger partial charge in [0.15, 0.2) is 0 Å². The number of hydrogen-bond donors (Lipinski definition) is 0. The number of rotatable bonds is 2. The summed E-state index contributed by atoms with van der Waals surface area (Å²) < 4.78 is 58.0. The van der Waals surface area contributed by atoms with Crippen LogP contribution in [0.25, 0.3) is 0 Å². The average molecular weight is 371 g/mol. The molecule has 0 fully saturated rings. The molecule has 0 radical (unpaired) electrons. The summed E-state index contributed by atoms with van der Waals surface area (Å²) in [7, 11) is 0. The number of imide groups is 1. The van der Waals surface area contributed by atoms with Crippen LogP contribution in [0.4, 0.5) is 27.2 Å². The smallest absolute Gasteiger partial charge is 0.418 e. The number of hydrogen-bond acceptors (Lipinski definition) is 4. The minimum Gasteiger partial charge on any atom is -0.449 e. The number of ether oxygens (including phenoxy) is 1. The van der Waals surface area contributed by atoms with Crippen LogP contribution in [-0.4, -0.2) is 29.3 Å². The number of aliphatic imine (C=N–C) groups is 1. The van der Waals surface area contributed by atoms with Gasteiger partial charge in [-0.15, -0.1) is 0 Å². The van der Waals surface area contributed by atoms with Gasteiger partial charge in [-0.05, 0) is 32.0 Å². The van der Waals surface area contributed by atoms with Gasteiger partial charge in [0.2, 0.25) is 0 Å². The highest BCUT2D eigenvalue weighted by atomic mass is 19.4. The van der Waals surface area contributed by atoms with Gasteiger partial charge in [-0.3, -0.25) is 0 Å². The minimum absolute atomic E-state index is 0.0418. The van der Waals surface area contributed by atoms with Crippen molar-refractivity contribution in [2.75, 3.05) is 6.61 Å². The van der Waals surface area contributed by atoms with E-state index in [4.69, 9.17) is 4.74 Å². The molecular weight excluding hydrogens is 358 g/mol. The van der Waals surface area contributed by atoms with E-state index in [-0.39, 0.29) is 12.3 Å². The molecule has 0 N–H and O–H groups in total. The fourth-order valence-electron chi connectivity index (χ4n) is 2.58. The Morgan fingerprint density at radius 1 is 1.42 bits per heavy atom. The summed E-state index contributed by atoms with van der Waals surface area (Å²) in [6.45, 7) is 2.61. The fraction of sp³-hybridized carbons (Fsp3) is 0.375. The molecule has 1 heterocycles. The zero-order valence-corrected chi connectivity index (χ0v) is 13.7. The van der Waals surface area contributed by atoms with Crippen LogP contribution < -0.4 is 0 Å². The number of urea groups is 1. The van der Waals surface area contributed by atoms with Crippen molar-refractivity contribution in [2.24, 2.45) is 10.9 Å². The van der Waals surface area contributed by atoms with Crippen molar-refractivity contribution in [3.05, 3.63) is 35.1 Å². The third-order valence-corrected chi connectivity index (χ3v) is 3.77. The normalized spacial score (nSPS) is 20.4. The van der Waals surface area contributed by atoms with E-state index in [1.165, 1.54) is 13.8 Å². The van der Waals surface area contributed by atoms with Crippen LogP contribution in [0.1, 0.15) is 31.0 Å². The fourth-order valence-corrected chi connectivity index (χ4v) is 2.58. The molecule has 6 nitrogen and oxygen atoms in total. The molecule has 2 rings (SSSR count). The van der Waals surface area contributed by atoms with Crippen molar-refractivity contribution in [1.82, 2.24) is 4.90 Å². The zero-order valence-electron chi connectivity index (χ0n) is 13.7. The Morgan fingerprint density at radius 3 is 2.62 bits per heavy atom. The van der Waals surface area contributed by atoms with E-state index in [1.807, 2.05) is 0 Å². The minimum atomic E-state index is -4.78. The highest BCUT2D eigenvalue weighted by Gasteiger charge is 2.44. The van der Waals surface area contributed by atoms with Crippen LogP contribution in [0, 0.1) is 23.1 Å². The van der Waals surface area contributed by atoms with E-state index in [0.29, 0.717) is 23.1 Å². The number of carbonyl (C=O) groups excluding carboxylic acids is 2. The van der Waals surface area contributed by atoms with Crippen molar-refractivity contribution < 1.29 is 31.9 Å². The van der Waals surface area contributed by atoms with Crippen LogP contribution >= 0.6 is 0 Å². The number of alkyl halides is 3. The maximum Gasteiger partial charge on any atom is 0.418 e. The molecule has 10 heteroatoms. The second-order valence-corrected chi connectivity index (χ2v) is 5.39. The average Bonchev–Trinajstić information content (AvgIpc) is 2.53. The lowest BCUT2D eigenvalue weighted by Crippen LogP contribution is -2.47. The van der Waals surface area contributed by atoms with Crippen molar-refractivity contribution in [3.63, 3.8) is 0 Å². The van der Waals surface area contributed by atoms with Crippen molar-refractivity contribution in [1.29, 1.82) is 5.26 Å². The van der Waals surface area contributed by atoms with E-state index >= 15 is 0 Å². The van der Waals surface area contributed by atoms with Crippen LogP contribution in [-0.2, 0) is 10.9 Å². The molecule has 138 valence electrons. The number of halogens is 4. The molecule has 3 amide bonds. The summed E-state index contributed by atoms with van der Waals surface area (Å²) in [6.07, 6.45) is -6.00. The van der Waals surface area contributed by atoms with E-state index in [0.717, 1.165) is 0 Å². The first-order valence-corrected chi connectivity index (χ1v) is 7.43. The summed E-state index contributed by atoms with van der Waals surface area (Å²) >= 11 is 0. The molecule has 0 spiro atoms. The monoisotopic (exact) mass is 371 g/mol. The Kier molecular flexibility index (Phi) is 5.30.